The van der Waals surface area contributed by atoms with Crippen molar-refractivity contribution in [1.29, 1.82) is 0 Å². The molecule has 5 nitrogen and oxygen atoms in total. The second kappa shape index (κ2) is 10.5. The molecule has 38 heavy (non-hydrogen) atoms. The van der Waals surface area contributed by atoms with Gasteiger partial charge in [0.25, 0.3) is 0 Å². The number of piperidine rings is 1. The number of nitrogens with zero attached hydrogens (tertiary/aromatic N) is 1. The maximum Gasteiger partial charge on any atom is 0.232 e. The fourth-order valence-electron chi connectivity index (χ4n) is 10.0. The van der Waals surface area contributed by atoms with Crippen LogP contribution in [0.2, 0.25) is 0 Å². The average Bonchev–Trinajstić information content (AvgIpc) is 3.27. The lowest BCUT2D eigenvalue weighted by molar-refractivity contribution is -0.141. The molecule has 6 aliphatic rings. The van der Waals surface area contributed by atoms with Crippen molar-refractivity contribution in [2.75, 3.05) is 0 Å². The molecule has 0 radical (unpaired) electrons. The summed E-state index contributed by atoms with van der Waals surface area (Å²) in [6.45, 7) is 4.85. The van der Waals surface area contributed by atoms with Crippen LogP contribution in [-0.2, 0) is 9.59 Å². The van der Waals surface area contributed by atoms with Crippen LogP contribution in [0, 0.1) is 34.5 Å². The molecular weight excluding hydrogens is 490 g/mol. The van der Waals surface area contributed by atoms with Gasteiger partial charge in [-0.25, -0.2) is 0 Å². The van der Waals surface area contributed by atoms with E-state index in [1.807, 2.05) is 0 Å². The number of nitrogens with one attached hydrogen (secondary N) is 2. The van der Waals surface area contributed by atoms with Crippen LogP contribution in [0.1, 0.15) is 123 Å². The van der Waals surface area contributed by atoms with Gasteiger partial charge in [-0.3, -0.25) is 14.5 Å². The number of hydrogen-bond acceptors (Lipinski definition) is 3. The Morgan fingerprint density at radius 1 is 0.947 bits per heavy atom. The molecule has 5 aliphatic carbocycles. The summed E-state index contributed by atoms with van der Waals surface area (Å²) in [7, 11) is 0. The fourth-order valence-corrected chi connectivity index (χ4v) is 10.4. The predicted molar refractivity (Wildman–Crippen MR) is 155 cm³/mol. The zero-order valence-corrected chi connectivity index (χ0v) is 24.6. The van der Waals surface area contributed by atoms with Gasteiger partial charge in [0.15, 0.2) is 5.11 Å². The highest BCUT2D eigenvalue weighted by molar-refractivity contribution is 7.80. The van der Waals surface area contributed by atoms with Gasteiger partial charge < -0.3 is 10.6 Å². The van der Waals surface area contributed by atoms with Gasteiger partial charge in [0.2, 0.25) is 11.8 Å². The van der Waals surface area contributed by atoms with Crippen LogP contribution in [0.25, 0.3) is 0 Å². The van der Waals surface area contributed by atoms with Crippen LogP contribution in [-0.4, -0.2) is 33.9 Å². The summed E-state index contributed by atoms with van der Waals surface area (Å²) in [6.07, 6.45) is 21.5. The average molecular weight is 540 g/mol. The normalized spacial score (nSPS) is 39.7. The topological polar surface area (TPSA) is 61.4 Å². The monoisotopic (exact) mass is 539 g/mol. The van der Waals surface area contributed by atoms with E-state index in [-0.39, 0.29) is 28.7 Å². The minimum atomic E-state index is 0.0469. The maximum absolute atomic E-state index is 14.6. The Labute approximate surface area is 235 Å². The molecule has 1 aliphatic heterocycles. The van der Waals surface area contributed by atoms with Gasteiger partial charge in [-0.1, -0.05) is 58.4 Å². The molecular formula is C32H49N3O2S. The number of hydrogen-bond donors (Lipinski definition) is 2. The molecule has 0 aromatic heterocycles. The summed E-state index contributed by atoms with van der Waals surface area (Å²) in [5, 5.41) is 7.64. The molecule has 4 saturated carbocycles. The lowest BCUT2D eigenvalue weighted by Crippen LogP contribution is -2.57. The largest absolute Gasteiger partial charge is 0.359 e. The van der Waals surface area contributed by atoms with Gasteiger partial charge in [0.1, 0.15) is 0 Å². The van der Waals surface area contributed by atoms with E-state index < -0.39 is 0 Å². The van der Waals surface area contributed by atoms with Crippen LogP contribution >= 0.6 is 12.2 Å². The lowest BCUT2D eigenvalue weighted by atomic mass is 9.49. The minimum absolute atomic E-state index is 0.0469. The summed E-state index contributed by atoms with van der Waals surface area (Å²) < 4.78 is 0. The summed E-state index contributed by atoms with van der Waals surface area (Å²) >= 11 is 6.06. The number of allylic oxidation sites excluding steroid dienone is 2. The minimum Gasteiger partial charge on any atom is -0.359 e. The van der Waals surface area contributed by atoms with E-state index in [0.717, 1.165) is 50.1 Å². The summed E-state index contributed by atoms with van der Waals surface area (Å²) in [5.41, 5.74) is 1.32. The van der Waals surface area contributed by atoms with E-state index in [2.05, 4.69) is 35.5 Å². The molecule has 0 bridgehead atoms. The quantitative estimate of drug-likeness (QED) is 0.396. The second-order valence-corrected chi connectivity index (χ2v) is 14.5. The number of thiocarbonyl (C=S) groups is 1. The maximum atomic E-state index is 14.6. The number of carbonyl (C=O) groups excluding carboxylic acids is 2. The molecule has 6 rings (SSSR count). The first-order valence-corrected chi connectivity index (χ1v) is 16.4. The predicted octanol–water partition coefficient (Wildman–Crippen LogP) is 6.62. The molecule has 1 heterocycles. The highest BCUT2D eigenvalue weighted by Crippen LogP contribution is 2.65. The first-order valence-electron chi connectivity index (χ1n) is 16.0. The molecule has 2 N–H and O–H groups in total. The molecule has 0 aromatic carbocycles. The molecule has 6 atom stereocenters. The summed E-state index contributed by atoms with van der Waals surface area (Å²) in [6, 6.07) is 0.696. The van der Waals surface area contributed by atoms with E-state index in [9.17, 15) is 9.59 Å². The lowest BCUT2D eigenvalue weighted by Gasteiger charge is -2.57. The van der Waals surface area contributed by atoms with E-state index >= 15 is 0 Å². The number of rotatable bonds is 3. The first kappa shape index (κ1) is 26.8. The van der Waals surface area contributed by atoms with Gasteiger partial charge in [-0.05, 0) is 99.6 Å². The van der Waals surface area contributed by atoms with Crippen molar-refractivity contribution in [2.24, 2.45) is 34.5 Å². The van der Waals surface area contributed by atoms with Crippen molar-refractivity contribution in [3.8, 4) is 0 Å². The molecule has 1 saturated heterocycles. The zero-order valence-electron chi connectivity index (χ0n) is 23.7. The standard InChI is InChI=1S/C32H49N3O2S/c1-31-19-17-25-23(13-16-27-32(25,2)20-18-28(36)34-27)24(31)14-15-26(31)29(37)35(22-11-7-4-8-12-22)30(38)33-21-9-5-3-6-10-21/h16,21-26H,3-15,17-20H2,1-2H3,(H,33,38)(H,34,36)/t23-,24-,25+,26?,31-,32+/m0/s1. The second-order valence-electron chi connectivity index (χ2n) is 14.2. The third-order valence-corrected chi connectivity index (χ3v) is 12.6. The highest BCUT2D eigenvalue weighted by Gasteiger charge is 2.60. The van der Waals surface area contributed by atoms with Crippen LogP contribution in [0.4, 0.5) is 0 Å². The number of carbonyl (C=O) groups is 2. The van der Waals surface area contributed by atoms with E-state index in [1.54, 1.807) is 0 Å². The molecule has 6 heteroatoms. The Bertz CT molecular complexity index is 983. The Kier molecular flexibility index (Phi) is 7.41. The van der Waals surface area contributed by atoms with Crippen molar-refractivity contribution >= 4 is 29.1 Å². The molecule has 0 aromatic rings. The van der Waals surface area contributed by atoms with E-state index in [0.29, 0.717) is 36.1 Å². The molecule has 5 fully saturated rings. The smallest absolute Gasteiger partial charge is 0.232 e. The molecule has 2 amide bonds. The summed E-state index contributed by atoms with van der Waals surface area (Å²) in [5.74, 6) is 2.39. The zero-order chi connectivity index (χ0) is 26.5. The van der Waals surface area contributed by atoms with Gasteiger partial charge >= 0.3 is 0 Å². The van der Waals surface area contributed by atoms with Gasteiger partial charge in [0.05, 0.1) is 0 Å². The van der Waals surface area contributed by atoms with Gasteiger partial charge in [-0.2, -0.15) is 0 Å². The third-order valence-electron chi connectivity index (χ3n) is 12.2. The van der Waals surface area contributed by atoms with Crippen LogP contribution in [0.15, 0.2) is 11.8 Å². The molecule has 210 valence electrons. The number of fused-ring (bicyclic) bond motifs is 5. The van der Waals surface area contributed by atoms with E-state index in [4.69, 9.17) is 12.2 Å². The van der Waals surface area contributed by atoms with Crippen LogP contribution in [0.5, 0.6) is 0 Å². The van der Waals surface area contributed by atoms with Crippen molar-refractivity contribution in [1.82, 2.24) is 15.5 Å². The molecule has 1 unspecified atom stereocenters. The van der Waals surface area contributed by atoms with Crippen molar-refractivity contribution < 1.29 is 9.59 Å². The van der Waals surface area contributed by atoms with Gasteiger partial charge in [-0.15, -0.1) is 0 Å². The third kappa shape index (κ3) is 4.55. The molecule has 0 spiro atoms. The van der Waals surface area contributed by atoms with Crippen LogP contribution < -0.4 is 10.6 Å². The Balaban J connectivity index is 1.23. The van der Waals surface area contributed by atoms with Crippen molar-refractivity contribution in [2.45, 2.75) is 135 Å². The SMILES string of the molecule is C[C@]12CCC(=O)NC1=CC[C@@H]1[C@H]2CC[C@]2(C)C(C(=O)N(C(=S)NC3CCCCC3)C3CCCCC3)CC[C@@H]12. The summed E-state index contributed by atoms with van der Waals surface area (Å²) in [4.78, 5) is 28.9. The van der Waals surface area contributed by atoms with Crippen LogP contribution in [0.3, 0.4) is 0 Å². The van der Waals surface area contributed by atoms with E-state index in [1.165, 1.54) is 63.5 Å². The highest BCUT2D eigenvalue weighted by atomic mass is 32.1. The Morgan fingerprint density at radius 2 is 1.66 bits per heavy atom. The number of amides is 2. The van der Waals surface area contributed by atoms with Crippen molar-refractivity contribution in [3.63, 3.8) is 0 Å². The fraction of sp³-hybridized carbons (Fsp3) is 0.844. The Morgan fingerprint density at radius 3 is 2.39 bits per heavy atom. The first-order chi connectivity index (χ1) is 18.3. The Hall–Kier alpha value is -1.43. The van der Waals surface area contributed by atoms with Gasteiger partial charge in [0, 0.05) is 35.5 Å². The van der Waals surface area contributed by atoms with Crippen molar-refractivity contribution in [3.05, 3.63) is 11.8 Å².